The molecule has 0 radical (unpaired) electrons. The van der Waals surface area contributed by atoms with Crippen molar-refractivity contribution < 1.29 is 4.79 Å². The summed E-state index contributed by atoms with van der Waals surface area (Å²) in [6.07, 6.45) is 1.82. The standard InChI is InChI=1S/C17H12ClN5OS/c1-23-14-8-10(6-7-13(14)21-22-23)9-15-16(24)20-17(25-15)19-12-5-3-2-4-11(12)18/h2-9H,1H3,(H,19,20,24)/b15-9-. The van der Waals surface area contributed by atoms with Crippen LogP contribution in [0.4, 0.5) is 5.69 Å². The summed E-state index contributed by atoms with van der Waals surface area (Å²) in [4.78, 5) is 17.2. The lowest BCUT2D eigenvalue weighted by atomic mass is 10.2. The van der Waals surface area contributed by atoms with Crippen LogP contribution in [0.5, 0.6) is 0 Å². The van der Waals surface area contributed by atoms with E-state index in [-0.39, 0.29) is 5.91 Å². The Kier molecular flexibility index (Phi) is 4.03. The Balaban J connectivity index is 1.64. The van der Waals surface area contributed by atoms with Gasteiger partial charge in [-0.2, -0.15) is 0 Å². The first-order valence-corrected chi connectivity index (χ1v) is 8.63. The van der Waals surface area contributed by atoms with E-state index >= 15 is 0 Å². The van der Waals surface area contributed by atoms with Crippen molar-refractivity contribution in [2.75, 3.05) is 0 Å². The summed E-state index contributed by atoms with van der Waals surface area (Å²) in [7, 11) is 1.83. The average molecular weight is 370 g/mol. The fourth-order valence-electron chi connectivity index (χ4n) is 2.42. The fraction of sp³-hybridized carbons (Fsp3) is 0.0588. The number of nitrogens with one attached hydrogen (secondary N) is 1. The Hall–Kier alpha value is -2.64. The minimum Gasteiger partial charge on any atom is -0.300 e. The zero-order valence-corrected chi connectivity index (χ0v) is 14.7. The molecule has 1 aliphatic rings. The van der Waals surface area contributed by atoms with Crippen LogP contribution in [0.15, 0.2) is 52.4 Å². The maximum absolute atomic E-state index is 12.2. The number of nitrogens with zero attached hydrogens (tertiary/aromatic N) is 4. The molecular formula is C17H12ClN5OS. The van der Waals surface area contributed by atoms with Gasteiger partial charge in [0.05, 0.1) is 21.1 Å². The number of hydrogen-bond acceptors (Lipinski definition) is 5. The second kappa shape index (κ2) is 6.34. The second-order valence-corrected chi connectivity index (χ2v) is 6.83. The van der Waals surface area contributed by atoms with E-state index in [4.69, 9.17) is 11.6 Å². The van der Waals surface area contributed by atoms with E-state index in [2.05, 4.69) is 20.6 Å². The van der Waals surface area contributed by atoms with Crippen molar-refractivity contribution in [2.45, 2.75) is 0 Å². The normalized spacial score (nSPS) is 17.6. The van der Waals surface area contributed by atoms with Crippen LogP contribution in [0.1, 0.15) is 5.56 Å². The lowest BCUT2D eigenvalue weighted by Crippen LogP contribution is -2.19. The molecule has 1 aliphatic heterocycles. The molecule has 124 valence electrons. The monoisotopic (exact) mass is 369 g/mol. The molecule has 2 aromatic carbocycles. The van der Waals surface area contributed by atoms with E-state index < -0.39 is 0 Å². The Morgan fingerprint density at radius 3 is 2.96 bits per heavy atom. The predicted molar refractivity (Wildman–Crippen MR) is 101 cm³/mol. The van der Waals surface area contributed by atoms with Crippen molar-refractivity contribution in [3.8, 4) is 0 Å². The van der Waals surface area contributed by atoms with Gasteiger partial charge in [-0.3, -0.25) is 4.79 Å². The number of benzene rings is 2. The van der Waals surface area contributed by atoms with E-state index in [9.17, 15) is 4.79 Å². The van der Waals surface area contributed by atoms with Gasteiger partial charge in [-0.1, -0.05) is 35.0 Å². The van der Waals surface area contributed by atoms with Crippen LogP contribution >= 0.6 is 23.4 Å². The van der Waals surface area contributed by atoms with Crippen LogP contribution in [0.25, 0.3) is 17.1 Å². The molecule has 0 atom stereocenters. The molecule has 8 heteroatoms. The highest BCUT2D eigenvalue weighted by molar-refractivity contribution is 8.18. The highest BCUT2D eigenvalue weighted by Crippen LogP contribution is 2.31. The van der Waals surface area contributed by atoms with Gasteiger partial charge in [-0.15, -0.1) is 5.10 Å². The van der Waals surface area contributed by atoms with Gasteiger partial charge in [0, 0.05) is 7.05 Å². The largest absolute Gasteiger partial charge is 0.300 e. The van der Waals surface area contributed by atoms with E-state index in [1.807, 2.05) is 43.5 Å². The van der Waals surface area contributed by atoms with E-state index in [1.54, 1.807) is 16.8 Å². The summed E-state index contributed by atoms with van der Waals surface area (Å²) in [5.74, 6) is -0.181. The number of halogens is 1. The molecule has 2 heterocycles. The highest BCUT2D eigenvalue weighted by atomic mass is 35.5. The summed E-state index contributed by atoms with van der Waals surface area (Å²) in [5, 5.41) is 11.8. The average Bonchev–Trinajstić information content (AvgIpc) is 3.13. The van der Waals surface area contributed by atoms with Crippen LogP contribution in [0.3, 0.4) is 0 Å². The molecule has 25 heavy (non-hydrogen) atoms. The lowest BCUT2D eigenvalue weighted by Gasteiger charge is -1.98. The van der Waals surface area contributed by atoms with Crippen molar-refractivity contribution in [3.05, 3.63) is 58.0 Å². The van der Waals surface area contributed by atoms with Gasteiger partial charge in [0.15, 0.2) is 5.17 Å². The Morgan fingerprint density at radius 2 is 2.12 bits per heavy atom. The number of carbonyl (C=O) groups is 1. The minimum absolute atomic E-state index is 0.181. The number of aromatic nitrogens is 3. The number of hydrogen-bond donors (Lipinski definition) is 1. The number of carbonyl (C=O) groups excluding carboxylic acids is 1. The maximum Gasteiger partial charge on any atom is 0.264 e. The van der Waals surface area contributed by atoms with E-state index in [1.165, 1.54) is 11.8 Å². The topological polar surface area (TPSA) is 72.2 Å². The number of aryl methyl sites for hydroxylation is 1. The molecule has 4 rings (SSSR count). The predicted octanol–water partition coefficient (Wildman–Crippen LogP) is 3.51. The maximum atomic E-state index is 12.2. The number of para-hydroxylation sites is 1. The van der Waals surface area contributed by atoms with E-state index in [0.717, 1.165) is 16.6 Å². The molecular weight excluding hydrogens is 358 g/mol. The van der Waals surface area contributed by atoms with Gasteiger partial charge in [0.25, 0.3) is 5.91 Å². The number of amides is 1. The lowest BCUT2D eigenvalue weighted by molar-refractivity contribution is -0.115. The first kappa shape index (κ1) is 15.9. The second-order valence-electron chi connectivity index (χ2n) is 5.39. The number of aliphatic imine (C=N–C) groups is 1. The summed E-state index contributed by atoms with van der Waals surface area (Å²) >= 11 is 7.39. The quantitative estimate of drug-likeness (QED) is 0.701. The van der Waals surface area contributed by atoms with Gasteiger partial charge < -0.3 is 5.32 Å². The summed E-state index contributed by atoms with van der Waals surface area (Å²) in [5.41, 5.74) is 3.24. The molecule has 0 aliphatic carbocycles. The van der Waals surface area contributed by atoms with Gasteiger partial charge in [0.1, 0.15) is 5.52 Å². The first-order valence-electron chi connectivity index (χ1n) is 7.44. The van der Waals surface area contributed by atoms with Crippen LogP contribution in [-0.4, -0.2) is 26.1 Å². The third kappa shape index (κ3) is 3.16. The van der Waals surface area contributed by atoms with Crippen LogP contribution in [0.2, 0.25) is 5.02 Å². The molecule has 0 bridgehead atoms. The number of thioether (sulfide) groups is 1. The van der Waals surface area contributed by atoms with Crippen molar-refractivity contribution in [1.82, 2.24) is 20.3 Å². The number of rotatable bonds is 2. The van der Waals surface area contributed by atoms with Crippen molar-refractivity contribution in [3.63, 3.8) is 0 Å². The molecule has 0 saturated carbocycles. The summed E-state index contributed by atoms with van der Waals surface area (Å²) in [6.45, 7) is 0. The highest BCUT2D eigenvalue weighted by Gasteiger charge is 2.24. The molecule has 0 spiro atoms. The third-order valence-electron chi connectivity index (χ3n) is 3.66. The number of fused-ring (bicyclic) bond motifs is 1. The number of amidine groups is 1. The van der Waals surface area contributed by atoms with E-state index in [0.29, 0.717) is 20.8 Å². The first-order chi connectivity index (χ1) is 12.1. The molecule has 1 amide bonds. The van der Waals surface area contributed by atoms with Gasteiger partial charge in [-0.05, 0) is 47.7 Å². The van der Waals surface area contributed by atoms with Crippen molar-refractivity contribution >= 4 is 57.2 Å². The SMILES string of the molecule is Cn1nnc2ccc(/C=C3\SC(=Nc4ccccc4Cl)NC3=O)cc21. The zero-order valence-electron chi connectivity index (χ0n) is 13.1. The molecule has 1 saturated heterocycles. The molecule has 0 unspecified atom stereocenters. The van der Waals surface area contributed by atoms with Crippen LogP contribution < -0.4 is 5.32 Å². The fourth-order valence-corrected chi connectivity index (χ4v) is 3.43. The van der Waals surface area contributed by atoms with Gasteiger partial charge >= 0.3 is 0 Å². The Labute approximate surface area is 152 Å². The van der Waals surface area contributed by atoms with Crippen LogP contribution in [-0.2, 0) is 11.8 Å². The molecule has 3 aromatic rings. The molecule has 1 fully saturated rings. The molecule has 6 nitrogen and oxygen atoms in total. The zero-order chi connectivity index (χ0) is 17.4. The van der Waals surface area contributed by atoms with Gasteiger partial charge in [-0.25, -0.2) is 9.67 Å². The molecule has 1 aromatic heterocycles. The third-order valence-corrected chi connectivity index (χ3v) is 4.89. The summed E-state index contributed by atoms with van der Waals surface area (Å²) in [6, 6.07) is 13.0. The smallest absolute Gasteiger partial charge is 0.264 e. The van der Waals surface area contributed by atoms with Crippen LogP contribution in [0, 0.1) is 0 Å². The Morgan fingerprint density at radius 1 is 1.28 bits per heavy atom. The van der Waals surface area contributed by atoms with Crippen molar-refractivity contribution in [1.29, 1.82) is 0 Å². The van der Waals surface area contributed by atoms with Crippen molar-refractivity contribution in [2.24, 2.45) is 12.0 Å². The summed E-state index contributed by atoms with van der Waals surface area (Å²) < 4.78 is 1.70. The van der Waals surface area contributed by atoms with Gasteiger partial charge in [0.2, 0.25) is 0 Å². The Bertz CT molecular complexity index is 1060. The molecule has 1 N–H and O–H groups in total. The minimum atomic E-state index is -0.181.